The molecule has 0 aliphatic carbocycles. The van der Waals surface area contributed by atoms with Gasteiger partial charge in [-0.15, -0.1) is 0 Å². The van der Waals surface area contributed by atoms with Crippen molar-refractivity contribution in [3.63, 3.8) is 0 Å². The predicted octanol–water partition coefficient (Wildman–Crippen LogP) is 2.33. The van der Waals surface area contributed by atoms with Gasteiger partial charge in [-0.05, 0) is 76.7 Å². The van der Waals surface area contributed by atoms with Crippen LogP contribution in [0, 0.1) is 5.41 Å². The number of nitrogens with zero attached hydrogens (tertiary/aromatic N) is 2. The van der Waals surface area contributed by atoms with Crippen LogP contribution in [-0.4, -0.2) is 61.7 Å². The maximum Gasteiger partial charge on any atom is 0.0120 e. The second kappa shape index (κ2) is 6.76. The van der Waals surface area contributed by atoms with E-state index in [2.05, 4.69) is 22.0 Å². The molecule has 0 saturated carbocycles. The fourth-order valence-electron chi connectivity index (χ4n) is 4.54. The minimum Gasteiger partial charge on any atom is -0.316 e. The van der Waals surface area contributed by atoms with Crippen LogP contribution in [0.1, 0.15) is 51.9 Å². The molecule has 1 N–H and O–H groups in total. The fraction of sp³-hybridized carbons (Fsp3) is 1.00. The summed E-state index contributed by atoms with van der Waals surface area (Å²) in [5.74, 6) is 0. The lowest BCUT2D eigenvalue weighted by Gasteiger charge is -2.42. The van der Waals surface area contributed by atoms with Crippen molar-refractivity contribution < 1.29 is 0 Å². The van der Waals surface area contributed by atoms with Crippen LogP contribution in [0.3, 0.4) is 0 Å². The molecule has 0 aromatic rings. The van der Waals surface area contributed by atoms with Crippen molar-refractivity contribution in [2.75, 3.05) is 45.8 Å². The molecular formula is C17H33N3. The highest BCUT2D eigenvalue weighted by molar-refractivity contribution is 4.91. The molecule has 3 rings (SSSR count). The van der Waals surface area contributed by atoms with Crippen LogP contribution in [0.15, 0.2) is 0 Å². The Morgan fingerprint density at radius 3 is 2.40 bits per heavy atom. The topological polar surface area (TPSA) is 18.5 Å². The lowest BCUT2D eigenvalue weighted by molar-refractivity contribution is 0.0695. The molecule has 0 spiro atoms. The molecule has 3 aliphatic rings. The van der Waals surface area contributed by atoms with Crippen LogP contribution in [0.5, 0.6) is 0 Å². The number of hydrogen-bond acceptors (Lipinski definition) is 3. The first kappa shape index (κ1) is 14.8. The third-order valence-corrected chi connectivity index (χ3v) is 6.11. The molecule has 0 aromatic heterocycles. The highest BCUT2D eigenvalue weighted by Crippen LogP contribution is 2.32. The molecule has 3 fully saturated rings. The van der Waals surface area contributed by atoms with Gasteiger partial charge >= 0.3 is 0 Å². The molecule has 3 aliphatic heterocycles. The van der Waals surface area contributed by atoms with E-state index in [-0.39, 0.29) is 0 Å². The standard InChI is InChI=1S/C17H33N3/c1-2-17(8-9-18-14-17)15-19-12-6-16(7-13-19)20-10-4-3-5-11-20/h16,18H,2-15H2,1H3. The third kappa shape index (κ3) is 3.37. The summed E-state index contributed by atoms with van der Waals surface area (Å²) in [7, 11) is 0. The Morgan fingerprint density at radius 1 is 1.05 bits per heavy atom. The summed E-state index contributed by atoms with van der Waals surface area (Å²) in [6, 6.07) is 0.894. The average molecular weight is 279 g/mol. The van der Waals surface area contributed by atoms with Gasteiger partial charge in [0.05, 0.1) is 0 Å². The van der Waals surface area contributed by atoms with Crippen molar-refractivity contribution in [3.05, 3.63) is 0 Å². The number of nitrogens with one attached hydrogen (secondary N) is 1. The van der Waals surface area contributed by atoms with Gasteiger partial charge in [0.25, 0.3) is 0 Å². The van der Waals surface area contributed by atoms with E-state index < -0.39 is 0 Å². The van der Waals surface area contributed by atoms with Crippen LogP contribution >= 0.6 is 0 Å². The van der Waals surface area contributed by atoms with Gasteiger partial charge in [0, 0.05) is 19.1 Å². The van der Waals surface area contributed by atoms with Crippen molar-refractivity contribution in [1.82, 2.24) is 15.1 Å². The SMILES string of the molecule is CCC1(CN2CCC(N3CCCCC3)CC2)CCNC1. The summed E-state index contributed by atoms with van der Waals surface area (Å²) in [5, 5.41) is 3.58. The molecule has 3 saturated heterocycles. The van der Waals surface area contributed by atoms with E-state index in [0.717, 1.165) is 6.04 Å². The minimum atomic E-state index is 0.581. The van der Waals surface area contributed by atoms with E-state index in [1.807, 2.05) is 0 Å². The van der Waals surface area contributed by atoms with Gasteiger partial charge in [-0.2, -0.15) is 0 Å². The Labute approximate surface area is 125 Å². The molecule has 0 radical (unpaired) electrons. The summed E-state index contributed by atoms with van der Waals surface area (Å²) in [4.78, 5) is 5.55. The second-order valence-corrected chi connectivity index (χ2v) is 7.38. The van der Waals surface area contributed by atoms with Gasteiger partial charge < -0.3 is 15.1 Å². The maximum absolute atomic E-state index is 3.58. The van der Waals surface area contributed by atoms with Crippen LogP contribution in [0.25, 0.3) is 0 Å². The molecule has 1 unspecified atom stereocenters. The number of likely N-dealkylation sites (tertiary alicyclic amines) is 2. The van der Waals surface area contributed by atoms with Gasteiger partial charge in [-0.25, -0.2) is 0 Å². The van der Waals surface area contributed by atoms with Crippen molar-refractivity contribution in [3.8, 4) is 0 Å². The zero-order valence-electron chi connectivity index (χ0n) is 13.4. The van der Waals surface area contributed by atoms with E-state index in [1.54, 1.807) is 0 Å². The molecule has 3 nitrogen and oxygen atoms in total. The number of piperidine rings is 2. The van der Waals surface area contributed by atoms with E-state index in [1.165, 1.54) is 90.8 Å². The molecule has 0 amide bonds. The molecule has 20 heavy (non-hydrogen) atoms. The normalized spacial score (nSPS) is 34.6. The average Bonchev–Trinajstić information content (AvgIpc) is 2.98. The summed E-state index contributed by atoms with van der Waals surface area (Å²) in [5.41, 5.74) is 0.581. The molecule has 3 heterocycles. The summed E-state index contributed by atoms with van der Waals surface area (Å²) < 4.78 is 0. The first-order valence-corrected chi connectivity index (χ1v) is 8.98. The Balaban J connectivity index is 1.46. The van der Waals surface area contributed by atoms with E-state index in [0.29, 0.717) is 5.41 Å². The van der Waals surface area contributed by atoms with Crippen LogP contribution in [-0.2, 0) is 0 Å². The zero-order chi connectivity index (χ0) is 13.8. The van der Waals surface area contributed by atoms with Crippen molar-refractivity contribution in [1.29, 1.82) is 0 Å². The fourth-order valence-corrected chi connectivity index (χ4v) is 4.54. The lowest BCUT2D eigenvalue weighted by atomic mass is 9.83. The highest BCUT2D eigenvalue weighted by atomic mass is 15.2. The van der Waals surface area contributed by atoms with E-state index >= 15 is 0 Å². The van der Waals surface area contributed by atoms with Gasteiger partial charge in [-0.1, -0.05) is 13.3 Å². The van der Waals surface area contributed by atoms with Crippen molar-refractivity contribution in [2.45, 2.75) is 57.9 Å². The maximum atomic E-state index is 3.58. The first-order valence-electron chi connectivity index (χ1n) is 8.98. The smallest absolute Gasteiger partial charge is 0.0120 e. The highest BCUT2D eigenvalue weighted by Gasteiger charge is 2.35. The molecular weight excluding hydrogens is 246 g/mol. The lowest BCUT2D eigenvalue weighted by Crippen LogP contribution is -2.49. The van der Waals surface area contributed by atoms with E-state index in [4.69, 9.17) is 0 Å². The largest absolute Gasteiger partial charge is 0.316 e. The van der Waals surface area contributed by atoms with Crippen LogP contribution in [0.2, 0.25) is 0 Å². The van der Waals surface area contributed by atoms with Gasteiger partial charge in [-0.3, -0.25) is 0 Å². The Hall–Kier alpha value is -0.120. The zero-order valence-corrected chi connectivity index (χ0v) is 13.4. The second-order valence-electron chi connectivity index (χ2n) is 7.38. The molecule has 0 aromatic carbocycles. The Morgan fingerprint density at radius 2 is 1.80 bits per heavy atom. The van der Waals surface area contributed by atoms with Gasteiger partial charge in [0.2, 0.25) is 0 Å². The summed E-state index contributed by atoms with van der Waals surface area (Å²) in [6.45, 7) is 11.6. The Bertz CT molecular complexity index is 285. The molecule has 116 valence electrons. The van der Waals surface area contributed by atoms with E-state index in [9.17, 15) is 0 Å². The minimum absolute atomic E-state index is 0.581. The number of hydrogen-bond donors (Lipinski definition) is 1. The molecule has 0 bridgehead atoms. The quantitative estimate of drug-likeness (QED) is 0.852. The third-order valence-electron chi connectivity index (χ3n) is 6.11. The first-order chi connectivity index (χ1) is 9.81. The van der Waals surface area contributed by atoms with Gasteiger partial charge in [0.1, 0.15) is 0 Å². The Kier molecular flexibility index (Phi) is 5.00. The van der Waals surface area contributed by atoms with Crippen molar-refractivity contribution in [2.24, 2.45) is 5.41 Å². The van der Waals surface area contributed by atoms with Crippen LogP contribution in [0.4, 0.5) is 0 Å². The summed E-state index contributed by atoms with van der Waals surface area (Å²) in [6.07, 6.45) is 9.87. The molecule has 3 heteroatoms. The van der Waals surface area contributed by atoms with Gasteiger partial charge in [0.15, 0.2) is 0 Å². The van der Waals surface area contributed by atoms with Crippen LogP contribution < -0.4 is 5.32 Å². The summed E-state index contributed by atoms with van der Waals surface area (Å²) >= 11 is 0. The predicted molar refractivity (Wildman–Crippen MR) is 85.1 cm³/mol. The monoisotopic (exact) mass is 279 g/mol. The molecule has 1 atom stereocenters. The number of rotatable bonds is 4. The van der Waals surface area contributed by atoms with Crippen molar-refractivity contribution >= 4 is 0 Å².